The molecule has 0 aromatic heterocycles. The highest BCUT2D eigenvalue weighted by molar-refractivity contribution is 5.72. The van der Waals surface area contributed by atoms with Crippen LogP contribution in [0.4, 0.5) is 0 Å². The van der Waals surface area contributed by atoms with Crippen LogP contribution in [0.5, 0.6) is 0 Å². The normalized spacial score (nSPS) is 10.5. The molecule has 1 aromatic rings. The first-order valence-electron chi connectivity index (χ1n) is 5.85. The van der Waals surface area contributed by atoms with E-state index in [0.29, 0.717) is 18.9 Å². The Morgan fingerprint density at radius 3 is 2.62 bits per heavy atom. The Kier molecular flexibility index (Phi) is 5.03. The van der Waals surface area contributed by atoms with Gasteiger partial charge in [0, 0.05) is 0 Å². The molecule has 0 atom stereocenters. The molecule has 0 heterocycles. The third kappa shape index (κ3) is 4.47. The van der Waals surface area contributed by atoms with Crippen LogP contribution in [-0.2, 0) is 22.4 Å². The molecule has 0 aliphatic rings. The fraction of sp³-hybridized carbons (Fsp3) is 0.500. The molecule has 0 aliphatic carbocycles. The van der Waals surface area contributed by atoms with Gasteiger partial charge in [-0.2, -0.15) is 0 Å². The van der Waals surface area contributed by atoms with Gasteiger partial charge in [-0.1, -0.05) is 38.1 Å². The monoisotopic (exact) mass is 220 g/mol. The molecule has 0 spiro atoms. The summed E-state index contributed by atoms with van der Waals surface area (Å²) in [5, 5.41) is 0. The average Bonchev–Trinajstić information content (AvgIpc) is 2.17. The number of rotatable bonds is 5. The quantitative estimate of drug-likeness (QED) is 0.713. The topological polar surface area (TPSA) is 26.3 Å². The Morgan fingerprint density at radius 2 is 2.00 bits per heavy atom. The van der Waals surface area contributed by atoms with E-state index in [1.165, 1.54) is 5.56 Å². The highest BCUT2D eigenvalue weighted by Crippen LogP contribution is 2.11. The van der Waals surface area contributed by atoms with Gasteiger partial charge in [-0.3, -0.25) is 4.79 Å². The number of carbonyl (C=O) groups is 1. The van der Waals surface area contributed by atoms with Crippen molar-refractivity contribution < 1.29 is 9.53 Å². The summed E-state index contributed by atoms with van der Waals surface area (Å²) in [6.45, 7) is 6.66. The Labute approximate surface area is 97.6 Å². The summed E-state index contributed by atoms with van der Waals surface area (Å²) in [6, 6.07) is 8.18. The van der Waals surface area contributed by atoms with E-state index in [9.17, 15) is 4.79 Å². The minimum absolute atomic E-state index is 0.149. The Hall–Kier alpha value is -1.31. The lowest BCUT2D eigenvalue weighted by atomic mass is 10.0. The van der Waals surface area contributed by atoms with E-state index in [2.05, 4.69) is 26.0 Å². The Bertz CT molecular complexity index is 342. The smallest absolute Gasteiger partial charge is 0.310 e. The van der Waals surface area contributed by atoms with E-state index in [-0.39, 0.29) is 5.97 Å². The molecular formula is C14H20O2. The number of ether oxygens (including phenoxy) is 1. The minimum Gasteiger partial charge on any atom is -0.466 e. The first kappa shape index (κ1) is 12.8. The molecule has 88 valence electrons. The molecule has 0 radical (unpaired) electrons. The molecule has 2 heteroatoms. The zero-order valence-electron chi connectivity index (χ0n) is 10.3. The summed E-state index contributed by atoms with van der Waals surface area (Å²) in [4.78, 5) is 11.3. The predicted molar refractivity (Wildman–Crippen MR) is 65.3 cm³/mol. The molecule has 1 aromatic carbocycles. The zero-order valence-corrected chi connectivity index (χ0v) is 10.3. The predicted octanol–water partition coefficient (Wildman–Crippen LogP) is 2.99. The molecule has 0 amide bonds. The number of benzene rings is 1. The minimum atomic E-state index is -0.149. The van der Waals surface area contributed by atoms with Gasteiger partial charge < -0.3 is 4.74 Å². The first-order chi connectivity index (χ1) is 7.61. The van der Waals surface area contributed by atoms with Gasteiger partial charge in [0.1, 0.15) is 0 Å². The van der Waals surface area contributed by atoms with Crippen molar-refractivity contribution in [3.05, 3.63) is 35.4 Å². The molecule has 0 saturated carbocycles. The number of hydrogen-bond acceptors (Lipinski definition) is 2. The number of esters is 1. The van der Waals surface area contributed by atoms with E-state index >= 15 is 0 Å². The van der Waals surface area contributed by atoms with Crippen LogP contribution in [0.3, 0.4) is 0 Å². The van der Waals surface area contributed by atoms with Crippen molar-refractivity contribution in [3.8, 4) is 0 Å². The maximum atomic E-state index is 11.3. The average molecular weight is 220 g/mol. The van der Waals surface area contributed by atoms with Crippen molar-refractivity contribution in [2.45, 2.75) is 33.6 Å². The van der Waals surface area contributed by atoms with E-state index in [0.717, 1.165) is 12.0 Å². The maximum absolute atomic E-state index is 11.3. The van der Waals surface area contributed by atoms with Crippen molar-refractivity contribution in [1.82, 2.24) is 0 Å². The zero-order chi connectivity index (χ0) is 12.0. The van der Waals surface area contributed by atoms with Gasteiger partial charge in [-0.15, -0.1) is 0 Å². The molecule has 2 nitrogen and oxygen atoms in total. The molecule has 0 unspecified atom stereocenters. The van der Waals surface area contributed by atoms with Crippen LogP contribution in [0.2, 0.25) is 0 Å². The molecule has 0 aliphatic heterocycles. The fourth-order valence-electron chi connectivity index (χ4n) is 1.72. The molecular weight excluding hydrogens is 200 g/mol. The van der Waals surface area contributed by atoms with Gasteiger partial charge in [0.2, 0.25) is 0 Å². The molecule has 1 rings (SSSR count). The summed E-state index contributed by atoms with van der Waals surface area (Å²) < 4.78 is 4.93. The van der Waals surface area contributed by atoms with E-state index in [4.69, 9.17) is 4.74 Å². The summed E-state index contributed by atoms with van der Waals surface area (Å²) in [7, 11) is 0. The lowest BCUT2D eigenvalue weighted by Gasteiger charge is -2.07. The molecule has 16 heavy (non-hydrogen) atoms. The second-order valence-electron chi connectivity index (χ2n) is 4.40. The standard InChI is InChI=1S/C14H20O2/c1-4-16-14(15)10-13-7-5-6-12(9-13)8-11(2)3/h5-7,9,11H,4,8,10H2,1-3H3. The highest BCUT2D eigenvalue weighted by Gasteiger charge is 2.05. The molecule has 0 N–H and O–H groups in total. The lowest BCUT2D eigenvalue weighted by Crippen LogP contribution is -2.07. The van der Waals surface area contributed by atoms with Gasteiger partial charge in [0.25, 0.3) is 0 Å². The van der Waals surface area contributed by atoms with Crippen molar-refractivity contribution in [1.29, 1.82) is 0 Å². The van der Waals surface area contributed by atoms with Gasteiger partial charge >= 0.3 is 5.97 Å². The SMILES string of the molecule is CCOC(=O)Cc1cccc(CC(C)C)c1. The summed E-state index contributed by atoms with van der Waals surface area (Å²) in [5.41, 5.74) is 2.33. The van der Waals surface area contributed by atoms with Crippen LogP contribution in [0.25, 0.3) is 0 Å². The summed E-state index contributed by atoms with van der Waals surface area (Å²) in [6.07, 6.45) is 1.43. The molecule has 0 bridgehead atoms. The van der Waals surface area contributed by atoms with Crippen LogP contribution in [0, 0.1) is 5.92 Å². The van der Waals surface area contributed by atoms with Gasteiger partial charge in [-0.25, -0.2) is 0 Å². The van der Waals surface area contributed by atoms with Crippen molar-refractivity contribution in [2.75, 3.05) is 6.61 Å². The van der Waals surface area contributed by atoms with Gasteiger partial charge in [0.15, 0.2) is 0 Å². The van der Waals surface area contributed by atoms with E-state index < -0.39 is 0 Å². The van der Waals surface area contributed by atoms with Gasteiger partial charge in [-0.05, 0) is 30.4 Å². The largest absolute Gasteiger partial charge is 0.466 e. The van der Waals surface area contributed by atoms with Crippen LogP contribution in [0.1, 0.15) is 31.9 Å². The molecule has 0 saturated heterocycles. The van der Waals surface area contributed by atoms with Crippen molar-refractivity contribution in [3.63, 3.8) is 0 Å². The fourth-order valence-corrected chi connectivity index (χ4v) is 1.72. The number of hydrogen-bond donors (Lipinski definition) is 0. The Balaban J connectivity index is 2.63. The third-order valence-electron chi connectivity index (χ3n) is 2.29. The van der Waals surface area contributed by atoms with Crippen LogP contribution < -0.4 is 0 Å². The van der Waals surface area contributed by atoms with Gasteiger partial charge in [0.05, 0.1) is 13.0 Å². The number of carbonyl (C=O) groups excluding carboxylic acids is 1. The second-order valence-corrected chi connectivity index (χ2v) is 4.40. The molecule has 0 fully saturated rings. The third-order valence-corrected chi connectivity index (χ3v) is 2.29. The van der Waals surface area contributed by atoms with Crippen LogP contribution >= 0.6 is 0 Å². The van der Waals surface area contributed by atoms with E-state index in [1.807, 2.05) is 19.1 Å². The highest BCUT2D eigenvalue weighted by atomic mass is 16.5. The first-order valence-corrected chi connectivity index (χ1v) is 5.85. The van der Waals surface area contributed by atoms with Crippen molar-refractivity contribution in [2.24, 2.45) is 5.92 Å². The van der Waals surface area contributed by atoms with Crippen LogP contribution in [-0.4, -0.2) is 12.6 Å². The summed E-state index contributed by atoms with van der Waals surface area (Å²) >= 11 is 0. The van der Waals surface area contributed by atoms with Crippen LogP contribution in [0.15, 0.2) is 24.3 Å². The second kappa shape index (κ2) is 6.31. The maximum Gasteiger partial charge on any atom is 0.310 e. The lowest BCUT2D eigenvalue weighted by molar-refractivity contribution is -0.142. The van der Waals surface area contributed by atoms with Crippen molar-refractivity contribution >= 4 is 5.97 Å². The Morgan fingerprint density at radius 1 is 1.31 bits per heavy atom. The summed E-state index contributed by atoms with van der Waals surface area (Å²) in [5.74, 6) is 0.488. The van der Waals surface area contributed by atoms with E-state index in [1.54, 1.807) is 0 Å².